The Morgan fingerprint density at radius 1 is 1.11 bits per heavy atom. The number of nitrogens with two attached hydrogens (primary N) is 2. The quantitative estimate of drug-likeness (QED) is 0.0140. The first-order chi connectivity index (χ1) is 38.5. The van der Waals surface area contributed by atoms with Gasteiger partial charge in [-0.05, 0) is 81.9 Å². The van der Waals surface area contributed by atoms with E-state index in [0.717, 1.165) is 0 Å². The molecule has 0 aromatic rings. The van der Waals surface area contributed by atoms with E-state index in [4.69, 9.17) is 40.1 Å². The maximum Gasteiger partial charge on any atom is 0.339 e. The van der Waals surface area contributed by atoms with Crippen molar-refractivity contribution in [3.8, 4) is 11.8 Å². The average Bonchev–Trinajstić information content (AvgIpc) is 4.14. The molecule has 0 amide bonds. The van der Waals surface area contributed by atoms with Crippen LogP contribution in [0.25, 0.3) is 0 Å². The van der Waals surface area contributed by atoms with Crippen molar-refractivity contribution in [2.45, 2.75) is 128 Å². The number of hydrogen-bond donors (Lipinski definition) is 14. The molecule has 1 saturated heterocycles. The van der Waals surface area contributed by atoms with Gasteiger partial charge in [-0.3, -0.25) is 10.3 Å². The first-order valence-corrected chi connectivity index (χ1v) is 31.7. The normalized spacial score (nSPS) is 39.7. The molecule has 17 unspecified atom stereocenters. The first-order valence-electron chi connectivity index (χ1n) is 27.0. The molecule has 28 heteroatoms. The highest BCUT2D eigenvalue weighted by atomic mass is 33.1. The van der Waals surface area contributed by atoms with Crippen LogP contribution in [0.1, 0.15) is 51.4 Å². The fourth-order valence-corrected chi connectivity index (χ4v) is 20.5. The largest absolute Gasteiger partial charge is 0.478 e. The van der Waals surface area contributed by atoms with Gasteiger partial charge in [-0.1, -0.05) is 67.2 Å². The summed E-state index contributed by atoms with van der Waals surface area (Å²) in [5.41, 5.74) is 11.5. The number of aliphatic hydroxyl groups is 8. The third-order valence-electron chi connectivity index (χ3n) is 17.4. The molecular weight excluding hydrogens is 1120 g/mol. The van der Waals surface area contributed by atoms with E-state index in [9.17, 15) is 50.8 Å². The zero-order chi connectivity index (χ0) is 56.7. The molecule has 0 aromatic carbocycles. The summed E-state index contributed by atoms with van der Waals surface area (Å²) in [6, 6.07) is -1.24. The lowest BCUT2D eigenvalue weighted by molar-refractivity contribution is -0.420. The number of aliphatic hydroxyl groups excluding tert-OH is 6. The summed E-state index contributed by atoms with van der Waals surface area (Å²) in [5, 5.41) is 108. The second kappa shape index (κ2) is 24.5. The highest BCUT2D eigenvalue weighted by Crippen LogP contribution is 2.62. The predicted molar refractivity (Wildman–Crippen MR) is 298 cm³/mol. The minimum absolute atomic E-state index is 0.0120. The van der Waals surface area contributed by atoms with E-state index in [1.165, 1.54) is 62.7 Å². The molecule has 0 radical (unpaired) electrons. The molecule has 2 saturated carbocycles. The van der Waals surface area contributed by atoms with Crippen LogP contribution in [-0.4, -0.2) is 216 Å². The molecule has 10 bridgehead atoms. The van der Waals surface area contributed by atoms with Crippen LogP contribution in [0, 0.1) is 40.9 Å². The number of rotatable bonds is 14. The number of carbonyl (C=O) groups is 2. The van der Waals surface area contributed by atoms with Gasteiger partial charge in [0.15, 0.2) is 24.3 Å². The van der Waals surface area contributed by atoms with Gasteiger partial charge in [0, 0.05) is 67.0 Å². The van der Waals surface area contributed by atoms with Crippen LogP contribution in [0.4, 0.5) is 0 Å². The Morgan fingerprint density at radius 3 is 2.67 bits per heavy atom. The molecule has 1 spiro atoms. The average molecular weight is 1190 g/mol. The maximum absolute atomic E-state index is 15.8. The van der Waals surface area contributed by atoms with Crippen molar-refractivity contribution in [2.75, 3.05) is 64.7 Å². The van der Waals surface area contributed by atoms with E-state index in [2.05, 4.69) is 32.8 Å². The zero-order valence-corrected chi connectivity index (χ0v) is 47.3. The maximum atomic E-state index is 15.8. The Balaban J connectivity index is 1.30. The van der Waals surface area contributed by atoms with E-state index in [1.54, 1.807) is 6.08 Å². The van der Waals surface area contributed by atoms with E-state index in [-0.39, 0.29) is 78.9 Å². The van der Waals surface area contributed by atoms with E-state index in [1.807, 2.05) is 17.1 Å². The molecule has 7 aliphatic heterocycles. The van der Waals surface area contributed by atoms with Gasteiger partial charge in [0.2, 0.25) is 12.1 Å². The smallest absolute Gasteiger partial charge is 0.339 e. The van der Waals surface area contributed by atoms with Crippen LogP contribution in [0.3, 0.4) is 0 Å². The van der Waals surface area contributed by atoms with Gasteiger partial charge in [0.05, 0.1) is 65.7 Å². The highest BCUT2D eigenvalue weighted by Gasteiger charge is 2.65. The first kappa shape index (κ1) is 59.4. The molecule has 3 aliphatic carbocycles. The molecular formula is C52H72N8O16S4. The van der Waals surface area contributed by atoms with E-state index < -0.39 is 126 Å². The van der Waals surface area contributed by atoms with Crippen molar-refractivity contribution in [1.82, 2.24) is 20.9 Å². The number of allylic oxidation sites excluding steroid dienone is 1. The summed E-state index contributed by atoms with van der Waals surface area (Å²) in [4.78, 5) is 40.8. The lowest BCUT2D eigenvalue weighted by Crippen LogP contribution is -2.70. The summed E-state index contributed by atoms with van der Waals surface area (Å²) >= 11 is 0. The number of hydrogen-bond acceptors (Lipinski definition) is 25. The van der Waals surface area contributed by atoms with Gasteiger partial charge in [0.25, 0.3) is 0 Å². The van der Waals surface area contributed by atoms with Gasteiger partial charge in [-0.2, -0.15) is 0 Å². The number of likely N-dealkylation sites (N-methyl/N-ethyl adjacent to an activating group) is 1. The van der Waals surface area contributed by atoms with Crippen molar-refractivity contribution in [1.29, 1.82) is 0 Å². The summed E-state index contributed by atoms with van der Waals surface area (Å²) in [6.45, 7) is -2.24. The van der Waals surface area contributed by atoms with Crippen LogP contribution in [-0.2, 0) is 33.3 Å². The summed E-state index contributed by atoms with van der Waals surface area (Å²) < 4.78 is 31.7. The summed E-state index contributed by atoms with van der Waals surface area (Å²) in [6.07, 6.45) is 0.623. The zero-order valence-electron chi connectivity index (χ0n) is 44.0. The number of nitrogens with one attached hydrogen (secondary N) is 3. The monoisotopic (exact) mass is 1190 g/mol. The minimum Gasteiger partial charge on any atom is -0.478 e. The molecule has 7 heterocycles. The van der Waals surface area contributed by atoms with Crippen molar-refractivity contribution in [3.05, 3.63) is 58.7 Å². The Morgan fingerprint density at radius 2 is 1.94 bits per heavy atom. The number of esters is 1. The van der Waals surface area contributed by atoms with Crippen LogP contribution in [0.2, 0.25) is 0 Å². The second-order valence-electron chi connectivity index (χ2n) is 22.1. The lowest BCUT2D eigenvalue weighted by Gasteiger charge is -2.53. The third kappa shape index (κ3) is 11.1. The van der Waals surface area contributed by atoms with Gasteiger partial charge >= 0.3 is 11.9 Å². The second-order valence-corrected chi connectivity index (χ2v) is 27.3. The Hall–Kier alpha value is -3.74. The van der Waals surface area contributed by atoms with E-state index >= 15 is 4.79 Å². The van der Waals surface area contributed by atoms with Crippen LogP contribution in [0.15, 0.2) is 68.7 Å². The molecule has 10 aliphatic rings. The third-order valence-corrected chi connectivity index (χ3v) is 23.5. The topological polar surface area (TPSA) is 378 Å². The predicted octanol–water partition coefficient (Wildman–Crippen LogP) is -1.34. The molecule has 24 nitrogen and oxygen atoms in total. The number of carbonyl (C=O) groups excluding carboxylic acids is 1. The molecule has 3 fully saturated rings. The van der Waals surface area contributed by atoms with Crippen LogP contribution in [0.5, 0.6) is 0 Å². The number of aliphatic imine (C=N–C) groups is 2. The van der Waals surface area contributed by atoms with Gasteiger partial charge in [0.1, 0.15) is 29.3 Å². The Kier molecular flexibility index (Phi) is 18.2. The molecule has 440 valence electrons. The molecule has 0 aromatic heterocycles. The molecule has 80 heavy (non-hydrogen) atoms. The number of guanidine groups is 2. The number of ether oxygens (including phenoxy) is 5. The summed E-state index contributed by atoms with van der Waals surface area (Å²) in [7, 11) is 7.52. The fraction of sp³-hybridized carbons (Fsp3) is 0.692. The van der Waals surface area contributed by atoms with Crippen LogP contribution < -0.4 is 27.4 Å². The number of carboxylic acids is 1. The van der Waals surface area contributed by atoms with Crippen molar-refractivity contribution < 1.29 is 79.2 Å². The number of aliphatic carboxylic acids is 1. The van der Waals surface area contributed by atoms with Crippen LogP contribution >= 0.6 is 43.2 Å². The summed E-state index contributed by atoms with van der Waals surface area (Å²) in [5.74, 6) is 0.680. The Bertz CT molecular complexity index is 2650. The highest BCUT2D eigenvalue weighted by molar-refractivity contribution is 8.79. The number of nitrogens with zero attached hydrogens (tertiary/aromatic N) is 3. The standard InChI is InChI=1S/C52H72N8O16S4/c1-55-37(23-65)75-41-45(74-36(22-64)40(66)52(41,70)71)76-46-51-8-2-13-77-80-50(17-30-16-49(59-48(54)57-30)9-7-29(51)15-49)10-6-26-14-28-18-60(19-31(43(67)68)39(28)58-47(53)56-11-3-12-61)34(21-63)42(50)79-78-25-33-27(20-62)4-5-35(33)73-44(69)32(24-72-46)38(26)51/h2,8,14,19,24,27,29-30,33-38,40-42,45-46,55,61-66,70-71H,3-5,7,9,11-13,15-18,20-23,25H2,1H3,(H,67,68)(H3,53,56,58)(H3,54,57,59). The van der Waals surface area contributed by atoms with Crippen molar-refractivity contribution in [2.24, 2.45) is 50.5 Å². The molecule has 16 N–H and O–H groups in total. The number of carboxylic acid groups (broad SMARTS) is 1. The van der Waals surface area contributed by atoms with Crippen molar-refractivity contribution >= 4 is 67.0 Å². The van der Waals surface area contributed by atoms with Gasteiger partial charge < -0.3 is 96.6 Å². The fourth-order valence-electron chi connectivity index (χ4n) is 13.5. The van der Waals surface area contributed by atoms with Gasteiger partial charge in [-0.25, -0.2) is 14.6 Å². The lowest BCUT2D eigenvalue weighted by atomic mass is 9.58. The minimum atomic E-state index is -3.18. The molecule has 10 rings (SSSR count). The molecule has 17 atom stereocenters. The van der Waals surface area contributed by atoms with Crippen molar-refractivity contribution in [3.63, 3.8) is 0 Å². The van der Waals surface area contributed by atoms with Gasteiger partial charge in [-0.15, -0.1) is 0 Å². The SMILES string of the molecule is CNC(CO)OC1C(OC2OC=C3C(=O)OC4CCC(CO)C4CSSC4C(CO)N5C=C(C(=O)O)C(NC(N)=NCCCO)=C(C=C6C#CC47CC4CC8(CCC(C8)C2(C=CCSS7)C63)NC(N)=N4)C5)OC(CO)C(O)C1(O)O. The van der Waals surface area contributed by atoms with E-state index in [0.29, 0.717) is 62.0 Å². The Labute approximate surface area is 478 Å². The number of fused-ring (bicyclic) bond motifs is 5.